The van der Waals surface area contributed by atoms with E-state index in [4.69, 9.17) is 0 Å². The lowest BCUT2D eigenvalue weighted by Gasteiger charge is -2.08. The molecule has 0 aliphatic rings. The first-order valence-electron chi connectivity index (χ1n) is 3.98. The number of thiol groups is 1. The second-order valence-corrected chi connectivity index (χ2v) is 2.83. The van der Waals surface area contributed by atoms with Gasteiger partial charge in [0.25, 0.3) is 0 Å². The minimum absolute atomic E-state index is 0.136. The van der Waals surface area contributed by atoms with Gasteiger partial charge in [-0.2, -0.15) is 0 Å². The predicted octanol–water partition coefficient (Wildman–Crippen LogP) is 1.54. The normalized spacial score (nSPS) is 10.8. The summed E-state index contributed by atoms with van der Waals surface area (Å²) >= 11 is 3.77. The highest BCUT2D eigenvalue weighted by atomic mass is 32.1. The molecule has 0 aromatic rings. The summed E-state index contributed by atoms with van der Waals surface area (Å²) in [7, 11) is 1.54. The van der Waals surface area contributed by atoms with Crippen LogP contribution in [0.5, 0.6) is 0 Å². The van der Waals surface area contributed by atoms with Crippen LogP contribution in [0.3, 0.4) is 0 Å². The monoisotopic (exact) mass is 191 g/mol. The highest BCUT2D eigenvalue weighted by Crippen LogP contribution is 2.01. The Labute approximate surface area is 79.7 Å². The van der Waals surface area contributed by atoms with Crippen LogP contribution >= 0.6 is 12.8 Å². The first kappa shape index (κ1) is 14.0. The van der Waals surface area contributed by atoms with Crippen molar-refractivity contribution in [1.29, 1.82) is 0 Å². The van der Waals surface area contributed by atoms with Crippen LogP contribution in [0, 0.1) is 5.92 Å². The third-order valence-electron chi connectivity index (χ3n) is 1.09. The minimum atomic E-state index is -0.206. The third-order valence-corrected chi connectivity index (χ3v) is 1.31. The van der Waals surface area contributed by atoms with E-state index in [-0.39, 0.29) is 18.2 Å². The van der Waals surface area contributed by atoms with Crippen molar-refractivity contribution in [3.8, 4) is 0 Å². The Balaban J connectivity index is 0. The van der Waals surface area contributed by atoms with Crippen molar-refractivity contribution in [1.82, 2.24) is 4.31 Å². The fraction of sp³-hybridized carbons (Fsp3) is 0.750. The molecule has 0 fully saturated rings. The molecule has 1 amide bonds. The average molecular weight is 191 g/mol. The number of hydrogen-bond donors (Lipinski definition) is 1. The van der Waals surface area contributed by atoms with Crippen LogP contribution in [-0.4, -0.2) is 23.5 Å². The molecule has 0 saturated heterocycles. The van der Waals surface area contributed by atoms with Gasteiger partial charge in [0, 0.05) is 19.4 Å². The van der Waals surface area contributed by atoms with Gasteiger partial charge in [0.05, 0.1) is 0 Å². The minimum Gasteiger partial charge on any atom is -0.303 e. The van der Waals surface area contributed by atoms with Crippen LogP contribution in [-0.2, 0) is 9.59 Å². The zero-order valence-electron chi connectivity index (χ0n) is 8.07. The summed E-state index contributed by atoms with van der Waals surface area (Å²) < 4.78 is 1.18. The Kier molecular flexibility index (Phi) is 10.0. The smallest absolute Gasteiger partial charge is 0.232 e. The molecule has 0 aliphatic carbocycles. The Morgan fingerprint density at radius 2 is 2.00 bits per heavy atom. The van der Waals surface area contributed by atoms with Gasteiger partial charge in [-0.1, -0.05) is 33.6 Å². The maximum atomic E-state index is 10.8. The first-order chi connectivity index (χ1) is 5.57. The molecule has 0 saturated carbocycles. The topological polar surface area (TPSA) is 37.4 Å². The van der Waals surface area contributed by atoms with E-state index >= 15 is 0 Å². The van der Waals surface area contributed by atoms with Gasteiger partial charge in [-0.3, -0.25) is 9.10 Å². The van der Waals surface area contributed by atoms with Crippen LogP contribution in [0.15, 0.2) is 0 Å². The van der Waals surface area contributed by atoms with Crippen molar-refractivity contribution in [3.63, 3.8) is 0 Å². The molecule has 0 rings (SSSR count). The molecule has 12 heavy (non-hydrogen) atoms. The summed E-state index contributed by atoms with van der Waals surface area (Å²) in [6, 6.07) is 0. The molecule has 72 valence electrons. The van der Waals surface area contributed by atoms with E-state index in [1.807, 2.05) is 13.8 Å². The fourth-order valence-electron chi connectivity index (χ4n) is 0.456. The number of nitrogens with zero attached hydrogens (tertiary/aromatic N) is 1. The van der Waals surface area contributed by atoms with Crippen molar-refractivity contribution >= 4 is 25.0 Å². The summed E-state index contributed by atoms with van der Waals surface area (Å²) in [5.41, 5.74) is 0. The first-order valence-corrected chi connectivity index (χ1v) is 4.38. The van der Waals surface area contributed by atoms with Crippen molar-refractivity contribution in [2.75, 3.05) is 7.05 Å². The van der Waals surface area contributed by atoms with Crippen molar-refractivity contribution in [2.45, 2.75) is 27.2 Å². The molecular weight excluding hydrogens is 174 g/mol. The second kappa shape index (κ2) is 8.59. The van der Waals surface area contributed by atoms with E-state index in [0.29, 0.717) is 0 Å². The number of amides is 1. The van der Waals surface area contributed by atoms with Gasteiger partial charge in [-0.05, 0) is 0 Å². The van der Waals surface area contributed by atoms with Gasteiger partial charge in [-0.15, -0.1) is 0 Å². The van der Waals surface area contributed by atoms with Crippen LogP contribution < -0.4 is 0 Å². The van der Waals surface area contributed by atoms with Crippen molar-refractivity contribution in [3.05, 3.63) is 0 Å². The Morgan fingerprint density at radius 3 is 2.25 bits per heavy atom. The predicted molar refractivity (Wildman–Crippen MR) is 52.9 cm³/mol. The van der Waals surface area contributed by atoms with E-state index in [1.165, 1.54) is 4.31 Å². The maximum Gasteiger partial charge on any atom is 0.232 e. The molecule has 0 heterocycles. The van der Waals surface area contributed by atoms with Crippen LogP contribution in [0.1, 0.15) is 27.2 Å². The highest BCUT2D eigenvalue weighted by Gasteiger charge is 2.09. The van der Waals surface area contributed by atoms with Gasteiger partial charge < -0.3 is 4.79 Å². The van der Waals surface area contributed by atoms with Gasteiger partial charge in [0.15, 0.2) is 0 Å². The zero-order valence-corrected chi connectivity index (χ0v) is 8.97. The molecule has 0 N–H and O–H groups in total. The molecule has 0 bridgehead atoms. The molecular formula is C8H17NO2S. The molecule has 3 nitrogen and oxygen atoms in total. The zero-order chi connectivity index (χ0) is 10.1. The van der Waals surface area contributed by atoms with Crippen molar-refractivity contribution in [2.24, 2.45) is 5.92 Å². The molecule has 0 aromatic carbocycles. The largest absolute Gasteiger partial charge is 0.303 e. The molecule has 1 unspecified atom stereocenters. The van der Waals surface area contributed by atoms with Crippen LogP contribution in [0.4, 0.5) is 0 Å². The number of carbonyl (C=O) groups excluding carboxylic acids is 2. The Morgan fingerprint density at radius 1 is 1.58 bits per heavy atom. The van der Waals surface area contributed by atoms with E-state index < -0.39 is 0 Å². The number of aldehydes is 1. The van der Waals surface area contributed by atoms with E-state index in [9.17, 15) is 9.59 Å². The molecule has 1 atom stereocenters. The molecule has 0 aromatic heterocycles. The highest BCUT2D eigenvalue weighted by molar-refractivity contribution is 7.78. The molecule has 0 radical (unpaired) electrons. The number of carbonyl (C=O) groups is 2. The van der Waals surface area contributed by atoms with Gasteiger partial charge in [-0.25, -0.2) is 0 Å². The van der Waals surface area contributed by atoms with Crippen molar-refractivity contribution < 1.29 is 9.59 Å². The molecule has 0 spiro atoms. The lowest BCUT2D eigenvalue weighted by Crippen LogP contribution is -2.19. The standard InChI is InChI=1S/C6H11NO2S.C2H6/c1-5(4-8)3-6(9)7(2)10;1-2/h4-5,10H,3H2,1-2H3;1-2H3. The van der Waals surface area contributed by atoms with Gasteiger partial charge in [0.1, 0.15) is 6.29 Å². The van der Waals surface area contributed by atoms with E-state index in [0.717, 1.165) is 6.29 Å². The average Bonchev–Trinajstić information content (AvgIpc) is 2.07. The SMILES string of the molecule is CC.CC(C=O)CC(=O)N(C)S. The summed E-state index contributed by atoms with van der Waals surface area (Å²) in [5, 5.41) is 0. The van der Waals surface area contributed by atoms with Gasteiger partial charge in [0.2, 0.25) is 5.91 Å². The van der Waals surface area contributed by atoms with E-state index in [2.05, 4.69) is 12.8 Å². The summed E-state index contributed by atoms with van der Waals surface area (Å²) in [6.07, 6.45) is 0.999. The quantitative estimate of drug-likeness (QED) is 0.543. The maximum absolute atomic E-state index is 10.8. The molecule has 0 aliphatic heterocycles. The van der Waals surface area contributed by atoms with Gasteiger partial charge >= 0.3 is 0 Å². The molecule has 4 heteroatoms. The Bertz CT molecular complexity index is 137. The number of rotatable bonds is 3. The fourth-order valence-corrected chi connectivity index (χ4v) is 0.537. The summed E-state index contributed by atoms with van der Waals surface area (Å²) in [6.45, 7) is 5.70. The third kappa shape index (κ3) is 7.60. The Hall–Kier alpha value is -0.510. The second-order valence-electron chi connectivity index (χ2n) is 2.23. The lowest BCUT2D eigenvalue weighted by atomic mass is 10.1. The van der Waals surface area contributed by atoms with E-state index in [1.54, 1.807) is 14.0 Å². The summed E-state index contributed by atoms with van der Waals surface area (Å²) in [5.74, 6) is -0.343. The number of hydrogen-bond acceptors (Lipinski definition) is 3. The summed E-state index contributed by atoms with van der Waals surface area (Å²) in [4.78, 5) is 20.9. The van der Waals surface area contributed by atoms with Crippen LogP contribution in [0.2, 0.25) is 0 Å². The lowest BCUT2D eigenvalue weighted by molar-refractivity contribution is -0.127. The van der Waals surface area contributed by atoms with Crippen LogP contribution in [0.25, 0.3) is 0 Å².